The van der Waals surface area contributed by atoms with Crippen LogP contribution >= 0.6 is 0 Å². The van der Waals surface area contributed by atoms with E-state index in [0.717, 1.165) is 12.1 Å². The Morgan fingerprint density at radius 2 is 1.62 bits per heavy atom. The van der Waals surface area contributed by atoms with Crippen LogP contribution in [0, 0.1) is 27.2 Å². The van der Waals surface area contributed by atoms with Crippen LogP contribution < -0.4 is 0 Å². The van der Waals surface area contributed by atoms with Crippen molar-refractivity contribution in [2.45, 2.75) is 6.92 Å². The maximum atomic E-state index is 10.4. The molecule has 0 saturated carbocycles. The summed E-state index contributed by atoms with van der Waals surface area (Å²) in [6, 6.07) is 1.80. The van der Waals surface area contributed by atoms with Gasteiger partial charge in [-0.25, -0.2) is 0 Å². The summed E-state index contributed by atoms with van der Waals surface area (Å²) in [4.78, 5) is 19.1. The number of hydrogen-bond acceptors (Lipinski definition) is 5. The number of phenolic OH excluding ortho intramolecular Hbond substituents is 1. The molecule has 0 amide bonds. The molecular formula is C7H8N2Na2O5. The molecule has 1 aromatic rings. The molecule has 0 atom stereocenters. The van der Waals surface area contributed by atoms with Gasteiger partial charge in [-0.3, -0.25) is 20.2 Å². The Balaban J connectivity index is 0. The summed E-state index contributed by atoms with van der Waals surface area (Å²) < 4.78 is 0. The predicted molar refractivity (Wildman–Crippen MR) is 60.5 cm³/mol. The van der Waals surface area contributed by atoms with E-state index in [9.17, 15) is 25.3 Å². The summed E-state index contributed by atoms with van der Waals surface area (Å²) in [6.45, 7) is 1.36. The van der Waals surface area contributed by atoms with Gasteiger partial charge in [0.05, 0.1) is 15.9 Å². The average molecular weight is 246 g/mol. The molecule has 78 valence electrons. The van der Waals surface area contributed by atoms with Crippen molar-refractivity contribution in [2.24, 2.45) is 0 Å². The van der Waals surface area contributed by atoms with E-state index in [1.54, 1.807) is 0 Å². The zero-order chi connectivity index (χ0) is 10.9. The zero-order valence-corrected chi connectivity index (χ0v) is 7.13. The Morgan fingerprint density at radius 1 is 1.12 bits per heavy atom. The van der Waals surface area contributed by atoms with Crippen molar-refractivity contribution in [3.63, 3.8) is 0 Å². The molecule has 0 aliphatic rings. The van der Waals surface area contributed by atoms with Crippen LogP contribution in [-0.4, -0.2) is 74.1 Å². The quantitative estimate of drug-likeness (QED) is 0.456. The zero-order valence-electron chi connectivity index (χ0n) is 7.13. The van der Waals surface area contributed by atoms with Crippen LogP contribution in [-0.2, 0) is 0 Å². The molecule has 9 heteroatoms. The number of nitro benzene ring substituents is 2. The number of nitro groups is 2. The number of nitrogens with zero attached hydrogens (tertiary/aromatic N) is 2. The number of rotatable bonds is 2. The maximum absolute atomic E-state index is 10.4. The molecule has 0 aliphatic heterocycles. The minimum absolute atomic E-state index is 0. The number of aryl methyl sites for hydroxylation is 1. The molecular weight excluding hydrogens is 238 g/mol. The number of hydrogen-bond donors (Lipinski definition) is 1. The summed E-state index contributed by atoms with van der Waals surface area (Å²) in [6.07, 6.45) is 0. The first-order chi connectivity index (χ1) is 6.43. The van der Waals surface area contributed by atoms with Crippen molar-refractivity contribution in [3.8, 4) is 5.75 Å². The summed E-state index contributed by atoms with van der Waals surface area (Å²) in [5, 5.41) is 29.9. The van der Waals surface area contributed by atoms with Gasteiger partial charge >= 0.3 is 64.8 Å². The van der Waals surface area contributed by atoms with Gasteiger partial charge in [-0.05, 0) is 6.92 Å². The number of phenols is 1. The first kappa shape index (κ1) is 18.2. The van der Waals surface area contributed by atoms with E-state index in [0.29, 0.717) is 0 Å². The summed E-state index contributed by atoms with van der Waals surface area (Å²) in [5.74, 6) is -0.541. The first-order valence-corrected chi connectivity index (χ1v) is 3.56. The second-order valence-corrected chi connectivity index (χ2v) is 2.64. The second kappa shape index (κ2) is 7.21. The predicted octanol–water partition coefficient (Wildman–Crippen LogP) is 0.220. The molecule has 0 unspecified atom stereocenters. The summed E-state index contributed by atoms with van der Waals surface area (Å²) >= 11 is 0. The molecule has 0 aliphatic carbocycles. The van der Waals surface area contributed by atoms with Crippen molar-refractivity contribution in [1.29, 1.82) is 0 Å². The van der Waals surface area contributed by atoms with Gasteiger partial charge in [0.15, 0.2) is 5.75 Å². The SMILES string of the molecule is Cc1cc([N+](=O)[O-])cc([N+](=O)[O-])c1O.[NaH].[NaH]. The fourth-order valence-electron chi connectivity index (χ4n) is 0.987. The second-order valence-electron chi connectivity index (χ2n) is 2.64. The minimum atomic E-state index is -0.866. The van der Waals surface area contributed by atoms with E-state index in [-0.39, 0.29) is 64.7 Å². The van der Waals surface area contributed by atoms with E-state index in [4.69, 9.17) is 0 Å². The van der Waals surface area contributed by atoms with Crippen molar-refractivity contribution in [2.75, 3.05) is 0 Å². The third-order valence-electron chi connectivity index (χ3n) is 1.67. The van der Waals surface area contributed by atoms with Crippen molar-refractivity contribution in [1.82, 2.24) is 0 Å². The summed E-state index contributed by atoms with van der Waals surface area (Å²) in [7, 11) is 0. The molecule has 0 fully saturated rings. The van der Waals surface area contributed by atoms with Crippen molar-refractivity contribution in [3.05, 3.63) is 37.9 Å². The van der Waals surface area contributed by atoms with Gasteiger partial charge in [0.1, 0.15) is 0 Å². The molecule has 0 heterocycles. The molecule has 0 spiro atoms. The van der Waals surface area contributed by atoms with Crippen LogP contribution in [0.25, 0.3) is 0 Å². The molecule has 1 rings (SSSR count). The molecule has 0 saturated heterocycles. The van der Waals surface area contributed by atoms with Gasteiger partial charge in [-0.2, -0.15) is 0 Å². The van der Waals surface area contributed by atoms with Crippen LogP contribution in [0.2, 0.25) is 0 Å². The standard InChI is InChI=1S/C7H6N2O5.2Na.2H/c1-4-2-5(8(11)12)3-6(7(4)10)9(13)14;;;;/h2-3,10H,1H3;;;;. The van der Waals surface area contributed by atoms with E-state index >= 15 is 0 Å². The van der Waals surface area contributed by atoms with E-state index < -0.39 is 27.0 Å². The normalized spacial score (nSPS) is 8.56. The molecule has 0 bridgehead atoms. The van der Waals surface area contributed by atoms with E-state index in [1.807, 2.05) is 0 Å². The van der Waals surface area contributed by atoms with Crippen LogP contribution in [0.15, 0.2) is 12.1 Å². The van der Waals surface area contributed by atoms with Crippen LogP contribution in [0.5, 0.6) is 5.75 Å². The Hall–Kier alpha value is -0.180. The summed E-state index contributed by atoms with van der Waals surface area (Å²) in [5.41, 5.74) is -0.963. The molecule has 1 aromatic carbocycles. The van der Waals surface area contributed by atoms with Gasteiger partial charge in [0.2, 0.25) is 0 Å². The third-order valence-corrected chi connectivity index (χ3v) is 1.67. The molecule has 16 heavy (non-hydrogen) atoms. The fourth-order valence-corrected chi connectivity index (χ4v) is 0.987. The third kappa shape index (κ3) is 4.00. The number of benzene rings is 1. The van der Waals surface area contributed by atoms with Gasteiger partial charge in [0.25, 0.3) is 5.69 Å². The Morgan fingerprint density at radius 3 is 2.00 bits per heavy atom. The van der Waals surface area contributed by atoms with Gasteiger partial charge in [-0.1, -0.05) is 0 Å². The van der Waals surface area contributed by atoms with Crippen molar-refractivity contribution < 1.29 is 15.0 Å². The van der Waals surface area contributed by atoms with Crippen LogP contribution in [0.3, 0.4) is 0 Å². The monoisotopic (exact) mass is 246 g/mol. The van der Waals surface area contributed by atoms with Gasteiger partial charge in [0, 0.05) is 11.6 Å². The van der Waals surface area contributed by atoms with E-state index in [2.05, 4.69) is 0 Å². The van der Waals surface area contributed by atoms with E-state index in [1.165, 1.54) is 6.92 Å². The molecule has 7 nitrogen and oxygen atoms in total. The molecule has 1 N–H and O–H groups in total. The topological polar surface area (TPSA) is 107 Å². The Bertz CT molecular complexity index is 423. The first-order valence-electron chi connectivity index (χ1n) is 3.56. The molecule has 0 aromatic heterocycles. The average Bonchev–Trinajstić information content (AvgIpc) is 2.08. The van der Waals surface area contributed by atoms with Gasteiger partial charge in [-0.15, -0.1) is 0 Å². The number of aromatic hydroxyl groups is 1. The Kier molecular flexibility index (Phi) is 8.19. The van der Waals surface area contributed by atoms with Gasteiger partial charge < -0.3 is 5.11 Å². The van der Waals surface area contributed by atoms with Crippen LogP contribution in [0.4, 0.5) is 11.4 Å². The number of non-ortho nitro benzene ring substituents is 1. The Labute approximate surface area is 135 Å². The fraction of sp³-hybridized carbons (Fsp3) is 0.143. The molecule has 0 radical (unpaired) electrons. The van der Waals surface area contributed by atoms with Crippen LogP contribution in [0.1, 0.15) is 5.56 Å². The van der Waals surface area contributed by atoms with Crippen molar-refractivity contribution >= 4 is 70.5 Å².